The molecule has 2 amide bonds. The highest BCUT2D eigenvalue weighted by Crippen LogP contribution is 2.43. The molecular weight excluding hydrogens is 713 g/mol. The van der Waals surface area contributed by atoms with Gasteiger partial charge in [0.15, 0.2) is 6.29 Å². The van der Waals surface area contributed by atoms with E-state index in [-0.39, 0.29) is 30.8 Å². The number of nitrogens with zero attached hydrogens (tertiary/aromatic N) is 2. The second-order valence-electron chi connectivity index (χ2n) is 15.6. The van der Waals surface area contributed by atoms with E-state index in [0.29, 0.717) is 24.0 Å². The Labute approximate surface area is 336 Å². The first-order valence-electron chi connectivity index (χ1n) is 20.5. The van der Waals surface area contributed by atoms with Gasteiger partial charge in [-0.1, -0.05) is 97.9 Å². The van der Waals surface area contributed by atoms with Crippen LogP contribution in [-0.4, -0.2) is 65.8 Å². The maximum atomic E-state index is 12.9. The number of ether oxygens (including phenoxy) is 3. The molecule has 3 heterocycles. The van der Waals surface area contributed by atoms with Gasteiger partial charge < -0.3 is 34.9 Å². The lowest BCUT2D eigenvalue weighted by molar-refractivity contribution is -0.276. The number of hydrogen-bond donors (Lipinski definition) is 3. The van der Waals surface area contributed by atoms with Gasteiger partial charge in [-0.25, -0.2) is 4.79 Å². The van der Waals surface area contributed by atoms with Crippen molar-refractivity contribution in [2.75, 3.05) is 38.0 Å². The van der Waals surface area contributed by atoms with Gasteiger partial charge in [-0.2, -0.15) is 0 Å². The van der Waals surface area contributed by atoms with E-state index in [0.717, 1.165) is 58.8 Å². The zero-order valence-corrected chi connectivity index (χ0v) is 32.8. The van der Waals surface area contributed by atoms with Gasteiger partial charge in [0.25, 0.3) is 0 Å². The number of amides is 2. The van der Waals surface area contributed by atoms with Gasteiger partial charge >= 0.3 is 6.03 Å². The number of rotatable bonds is 13. The molecule has 9 nitrogen and oxygen atoms in total. The second kappa shape index (κ2) is 18.5. The van der Waals surface area contributed by atoms with Crippen LogP contribution in [0.1, 0.15) is 67.3 Å². The summed E-state index contributed by atoms with van der Waals surface area (Å²) >= 11 is 0. The third kappa shape index (κ3) is 9.75. The SMILES string of the molecule is C[C@@H]1[C@H](CN2CCC[C@H]2CN2CCCC2)O[C@H](c2ccc(-c3ccccc3CNC(=O)Nc3ccc(Oc4ccccc4)cc3)cc2)O[C@@H]1c1ccc(CO)cc1. The number of anilines is 1. The number of para-hydroxylation sites is 1. The van der Waals surface area contributed by atoms with Crippen molar-refractivity contribution in [1.29, 1.82) is 0 Å². The van der Waals surface area contributed by atoms with Gasteiger partial charge in [-0.05, 0) is 110 Å². The van der Waals surface area contributed by atoms with Crippen LogP contribution in [0.3, 0.4) is 0 Å². The van der Waals surface area contributed by atoms with Gasteiger partial charge in [0.2, 0.25) is 0 Å². The highest BCUT2D eigenvalue weighted by Gasteiger charge is 2.41. The van der Waals surface area contributed by atoms with E-state index in [4.69, 9.17) is 14.2 Å². The van der Waals surface area contributed by atoms with Crippen molar-refractivity contribution in [2.45, 2.75) is 70.3 Å². The average molecular weight is 767 g/mol. The van der Waals surface area contributed by atoms with Crippen LogP contribution in [0.15, 0.2) is 127 Å². The predicted octanol–water partition coefficient (Wildman–Crippen LogP) is 9.31. The summed E-state index contributed by atoms with van der Waals surface area (Å²) in [5.41, 5.74) is 6.73. The lowest BCUT2D eigenvalue weighted by Crippen LogP contribution is -2.48. The number of carbonyl (C=O) groups is 1. The Balaban J connectivity index is 0.934. The molecule has 3 N–H and O–H groups in total. The summed E-state index contributed by atoms with van der Waals surface area (Å²) in [5, 5.41) is 15.6. The van der Waals surface area contributed by atoms with Crippen LogP contribution in [0, 0.1) is 5.92 Å². The molecule has 5 atom stereocenters. The first-order chi connectivity index (χ1) is 28.0. The van der Waals surface area contributed by atoms with Crippen molar-refractivity contribution in [3.05, 3.63) is 150 Å². The quantitative estimate of drug-likeness (QED) is 0.110. The van der Waals surface area contributed by atoms with Crippen LogP contribution in [0.25, 0.3) is 11.1 Å². The van der Waals surface area contributed by atoms with E-state index >= 15 is 0 Å². The summed E-state index contributed by atoms with van der Waals surface area (Å²) in [6, 6.07) is 41.9. The number of aliphatic hydroxyl groups excluding tert-OH is 1. The third-order valence-electron chi connectivity index (χ3n) is 11.7. The van der Waals surface area contributed by atoms with E-state index in [1.807, 2.05) is 84.9 Å². The number of carbonyl (C=O) groups excluding carboxylic acids is 1. The summed E-state index contributed by atoms with van der Waals surface area (Å²) < 4.78 is 19.6. The molecule has 296 valence electrons. The molecule has 0 aliphatic carbocycles. The normalized spacial score (nSPS) is 22.7. The lowest BCUT2D eigenvalue weighted by atomic mass is 9.89. The smallest absolute Gasteiger partial charge is 0.319 e. The molecule has 3 aliphatic rings. The summed E-state index contributed by atoms with van der Waals surface area (Å²) in [6.45, 7) is 8.20. The summed E-state index contributed by atoms with van der Waals surface area (Å²) in [6.07, 6.45) is 4.41. The Morgan fingerprint density at radius 1 is 0.754 bits per heavy atom. The van der Waals surface area contributed by atoms with Crippen LogP contribution in [0.5, 0.6) is 11.5 Å². The minimum absolute atomic E-state index is 0.0105. The number of benzene rings is 5. The van der Waals surface area contributed by atoms with Crippen molar-refractivity contribution in [3.8, 4) is 22.6 Å². The molecule has 57 heavy (non-hydrogen) atoms. The summed E-state index contributed by atoms with van der Waals surface area (Å²) in [5.74, 6) is 1.59. The molecule has 3 aliphatic heterocycles. The molecule has 5 aromatic carbocycles. The molecule has 3 saturated heterocycles. The fourth-order valence-electron chi connectivity index (χ4n) is 8.52. The van der Waals surface area contributed by atoms with Gasteiger partial charge in [0.05, 0.1) is 18.8 Å². The first kappa shape index (κ1) is 38.8. The minimum atomic E-state index is -0.526. The molecule has 9 heteroatoms. The molecule has 0 saturated carbocycles. The fourth-order valence-corrected chi connectivity index (χ4v) is 8.52. The molecule has 5 aromatic rings. The number of hydrogen-bond acceptors (Lipinski definition) is 7. The molecule has 0 unspecified atom stereocenters. The van der Waals surface area contributed by atoms with E-state index in [9.17, 15) is 9.90 Å². The second-order valence-corrected chi connectivity index (χ2v) is 15.6. The van der Waals surface area contributed by atoms with Crippen molar-refractivity contribution in [2.24, 2.45) is 5.92 Å². The van der Waals surface area contributed by atoms with Crippen molar-refractivity contribution < 1.29 is 24.1 Å². The lowest BCUT2D eigenvalue weighted by Gasteiger charge is -2.43. The number of nitrogens with one attached hydrogen (secondary N) is 2. The van der Waals surface area contributed by atoms with Gasteiger partial charge in [0, 0.05) is 42.8 Å². The van der Waals surface area contributed by atoms with E-state index in [1.54, 1.807) is 0 Å². The van der Waals surface area contributed by atoms with Crippen LogP contribution in [0.4, 0.5) is 10.5 Å². The Kier molecular flexibility index (Phi) is 12.6. The van der Waals surface area contributed by atoms with E-state index in [2.05, 4.69) is 69.8 Å². The standard InChI is InChI=1S/C48H54N4O5/c1-34-45(32-52-29-9-11-41(52)31-51-27-7-8-28-51)56-47(57-46(34)37-17-15-35(33-53)16-18-37)38-21-19-36(20-22-38)44-14-6-5-10-39(44)30-49-48(54)50-40-23-25-43(26-24-40)55-42-12-3-2-4-13-42/h2-6,10,12-26,34,41,45-47,53H,7-9,11,27-33H2,1H3,(H2,49,50,54)/t34-,41+,45+,46+,47+/m1/s1. The van der Waals surface area contributed by atoms with Crippen LogP contribution < -0.4 is 15.4 Å². The molecular formula is C48H54N4O5. The summed E-state index contributed by atoms with van der Waals surface area (Å²) in [7, 11) is 0. The van der Waals surface area contributed by atoms with E-state index in [1.165, 1.54) is 38.8 Å². The molecule has 8 rings (SSSR count). The highest BCUT2D eigenvalue weighted by atomic mass is 16.7. The Morgan fingerprint density at radius 3 is 2.21 bits per heavy atom. The fraction of sp³-hybridized carbons (Fsp3) is 0.354. The minimum Gasteiger partial charge on any atom is -0.457 e. The topological polar surface area (TPSA) is 95.5 Å². The molecule has 0 bridgehead atoms. The van der Waals surface area contributed by atoms with Crippen LogP contribution in [-0.2, 0) is 22.6 Å². The molecule has 0 aromatic heterocycles. The molecule has 0 radical (unpaired) electrons. The maximum absolute atomic E-state index is 12.9. The van der Waals surface area contributed by atoms with Gasteiger partial charge in [-0.3, -0.25) is 4.90 Å². The monoisotopic (exact) mass is 766 g/mol. The van der Waals surface area contributed by atoms with Crippen molar-refractivity contribution >= 4 is 11.7 Å². The maximum Gasteiger partial charge on any atom is 0.319 e. The van der Waals surface area contributed by atoms with Gasteiger partial charge in [0.1, 0.15) is 11.5 Å². The Bertz CT molecular complexity index is 2040. The highest BCUT2D eigenvalue weighted by molar-refractivity contribution is 5.89. The molecule has 3 fully saturated rings. The zero-order valence-electron chi connectivity index (χ0n) is 32.8. The van der Waals surface area contributed by atoms with Crippen molar-refractivity contribution in [1.82, 2.24) is 15.1 Å². The third-order valence-corrected chi connectivity index (χ3v) is 11.7. The number of likely N-dealkylation sites (tertiary alicyclic amines) is 2. The average Bonchev–Trinajstić information content (AvgIpc) is 3.94. The van der Waals surface area contributed by atoms with Gasteiger partial charge in [-0.15, -0.1) is 0 Å². The van der Waals surface area contributed by atoms with E-state index < -0.39 is 6.29 Å². The van der Waals surface area contributed by atoms with Crippen LogP contribution >= 0.6 is 0 Å². The Morgan fingerprint density at radius 2 is 1.46 bits per heavy atom. The van der Waals surface area contributed by atoms with Crippen LogP contribution in [0.2, 0.25) is 0 Å². The largest absolute Gasteiger partial charge is 0.457 e. The predicted molar refractivity (Wildman–Crippen MR) is 224 cm³/mol. The van der Waals surface area contributed by atoms with Crippen molar-refractivity contribution in [3.63, 3.8) is 0 Å². The number of aliphatic hydroxyl groups is 1. The Hall–Kier alpha value is -5.03. The zero-order chi connectivity index (χ0) is 39.0. The first-order valence-corrected chi connectivity index (χ1v) is 20.5. The summed E-state index contributed by atoms with van der Waals surface area (Å²) in [4.78, 5) is 18.3. The number of urea groups is 1. The molecule has 0 spiro atoms.